The largest absolute Gasteiger partial charge is 0.490 e. The molecule has 124 valence electrons. The van der Waals surface area contributed by atoms with Crippen LogP contribution in [0.3, 0.4) is 0 Å². The molecule has 0 aliphatic heterocycles. The molecule has 3 aromatic heterocycles. The first-order valence-corrected chi connectivity index (χ1v) is 6.17. The standard InChI is InChI=1S/C11H7N5O.C2HF3O2/c1-2-8(4-12-3-1)10-15-16-11(17-10)9-5-13-7-14-6-9;3-2(4,5)1(6)7/h1-7H;(H,6,7). The Morgan fingerprint density at radius 3 is 2.04 bits per heavy atom. The van der Waals surface area contributed by atoms with Gasteiger partial charge in [-0.15, -0.1) is 10.2 Å². The molecule has 0 aromatic carbocycles. The van der Waals surface area contributed by atoms with Crippen molar-refractivity contribution >= 4 is 5.97 Å². The number of nitrogens with zero attached hydrogens (tertiary/aromatic N) is 5. The molecule has 3 aromatic rings. The van der Waals surface area contributed by atoms with Gasteiger partial charge in [0.1, 0.15) is 6.33 Å². The number of aliphatic carboxylic acids is 1. The highest BCUT2D eigenvalue weighted by Gasteiger charge is 2.38. The zero-order chi connectivity index (χ0) is 17.6. The van der Waals surface area contributed by atoms with E-state index in [1.54, 1.807) is 24.8 Å². The zero-order valence-electron chi connectivity index (χ0n) is 11.7. The van der Waals surface area contributed by atoms with Crippen LogP contribution in [0.2, 0.25) is 0 Å². The molecule has 0 saturated carbocycles. The molecule has 0 bridgehead atoms. The Labute approximate surface area is 132 Å². The van der Waals surface area contributed by atoms with Gasteiger partial charge in [0, 0.05) is 24.8 Å². The molecule has 0 fully saturated rings. The van der Waals surface area contributed by atoms with Gasteiger partial charge in [0.15, 0.2) is 0 Å². The number of aromatic nitrogens is 5. The number of pyridine rings is 1. The van der Waals surface area contributed by atoms with Gasteiger partial charge in [0.2, 0.25) is 5.89 Å². The lowest BCUT2D eigenvalue weighted by Crippen LogP contribution is -2.21. The second-order valence-corrected chi connectivity index (χ2v) is 4.08. The minimum absolute atomic E-state index is 0.393. The summed E-state index contributed by atoms with van der Waals surface area (Å²) < 4.78 is 37.2. The Bertz CT molecular complexity index is 739. The fourth-order valence-corrected chi connectivity index (χ4v) is 1.36. The normalized spacial score (nSPS) is 10.6. The van der Waals surface area contributed by atoms with Gasteiger partial charge in [-0.2, -0.15) is 13.2 Å². The van der Waals surface area contributed by atoms with Crippen LogP contribution < -0.4 is 0 Å². The van der Waals surface area contributed by atoms with Crippen molar-refractivity contribution in [2.75, 3.05) is 0 Å². The summed E-state index contributed by atoms with van der Waals surface area (Å²) in [6, 6.07) is 3.66. The highest BCUT2D eigenvalue weighted by atomic mass is 19.4. The van der Waals surface area contributed by atoms with Crippen LogP contribution in [0.5, 0.6) is 0 Å². The highest BCUT2D eigenvalue weighted by molar-refractivity contribution is 5.73. The fraction of sp³-hybridized carbons (Fsp3) is 0.0769. The van der Waals surface area contributed by atoms with Gasteiger partial charge >= 0.3 is 12.1 Å². The average Bonchev–Trinajstić information content (AvgIpc) is 3.06. The van der Waals surface area contributed by atoms with Crippen LogP contribution in [0.4, 0.5) is 13.2 Å². The van der Waals surface area contributed by atoms with Crippen LogP contribution in [0.1, 0.15) is 0 Å². The lowest BCUT2D eigenvalue weighted by molar-refractivity contribution is -0.192. The molecular weight excluding hydrogens is 331 g/mol. The van der Waals surface area contributed by atoms with E-state index in [2.05, 4.69) is 25.1 Å². The first kappa shape index (κ1) is 17.0. The number of carboxylic acids is 1. The lowest BCUT2D eigenvalue weighted by Gasteiger charge is -1.93. The van der Waals surface area contributed by atoms with E-state index in [1.165, 1.54) is 6.33 Å². The van der Waals surface area contributed by atoms with Gasteiger partial charge in [0.25, 0.3) is 5.89 Å². The van der Waals surface area contributed by atoms with Crippen molar-refractivity contribution < 1.29 is 27.5 Å². The van der Waals surface area contributed by atoms with Crippen molar-refractivity contribution in [3.05, 3.63) is 43.2 Å². The maximum atomic E-state index is 10.6. The Morgan fingerprint density at radius 1 is 1.00 bits per heavy atom. The first-order valence-electron chi connectivity index (χ1n) is 6.17. The molecule has 3 rings (SSSR count). The van der Waals surface area contributed by atoms with E-state index in [-0.39, 0.29) is 0 Å². The molecule has 3 heterocycles. The number of halogens is 3. The summed E-state index contributed by atoms with van der Waals surface area (Å²) in [5.41, 5.74) is 1.47. The van der Waals surface area contributed by atoms with E-state index in [0.717, 1.165) is 5.56 Å². The number of alkyl halides is 3. The van der Waals surface area contributed by atoms with Crippen molar-refractivity contribution in [3.8, 4) is 22.9 Å². The molecule has 0 unspecified atom stereocenters. The van der Waals surface area contributed by atoms with Crippen molar-refractivity contribution in [2.24, 2.45) is 0 Å². The lowest BCUT2D eigenvalue weighted by atomic mass is 10.3. The summed E-state index contributed by atoms with van der Waals surface area (Å²) >= 11 is 0. The molecule has 0 amide bonds. The maximum Gasteiger partial charge on any atom is 0.490 e. The highest BCUT2D eigenvalue weighted by Crippen LogP contribution is 2.21. The van der Waals surface area contributed by atoms with E-state index in [9.17, 15) is 13.2 Å². The maximum absolute atomic E-state index is 10.6. The number of hydrogen-bond donors (Lipinski definition) is 1. The topological polar surface area (TPSA) is 115 Å². The summed E-state index contributed by atoms with van der Waals surface area (Å²) in [6.45, 7) is 0. The second-order valence-electron chi connectivity index (χ2n) is 4.08. The molecule has 0 spiro atoms. The molecule has 0 aliphatic rings. The van der Waals surface area contributed by atoms with Gasteiger partial charge in [-0.1, -0.05) is 0 Å². The van der Waals surface area contributed by atoms with Crippen LogP contribution in [0.15, 0.2) is 47.7 Å². The third-order valence-electron chi connectivity index (χ3n) is 2.38. The number of carbonyl (C=O) groups is 1. The molecule has 0 atom stereocenters. The summed E-state index contributed by atoms with van der Waals surface area (Å²) in [7, 11) is 0. The summed E-state index contributed by atoms with van der Waals surface area (Å²) in [4.78, 5) is 20.7. The third kappa shape index (κ3) is 4.56. The molecule has 0 saturated heterocycles. The van der Waals surface area contributed by atoms with E-state index >= 15 is 0 Å². The smallest absolute Gasteiger partial charge is 0.475 e. The molecule has 0 aliphatic carbocycles. The molecule has 0 radical (unpaired) electrons. The Balaban J connectivity index is 0.000000256. The van der Waals surface area contributed by atoms with Crippen LogP contribution in [0, 0.1) is 0 Å². The van der Waals surface area contributed by atoms with Crippen molar-refractivity contribution in [3.63, 3.8) is 0 Å². The molecule has 11 heteroatoms. The second kappa shape index (κ2) is 7.26. The van der Waals surface area contributed by atoms with Gasteiger partial charge in [-0.25, -0.2) is 14.8 Å². The van der Waals surface area contributed by atoms with Gasteiger partial charge < -0.3 is 9.52 Å². The Hall–Kier alpha value is -3.37. The molecule has 1 N–H and O–H groups in total. The quantitative estimate of drug-likeness (QED) is 0.756. The number of rotatable bonds is 2. The SMILES string of the molecule is O=C(O)C(F)(F)F.c1cncc(-c2nnc(-c3cncnc3)o2)c1. The predicted molar refractivity (Wildman–Crippen MR) is 72.2 cm³/mol. The van der Waals surface area contributed by atoms with Gasteiger partial charge in [0.05, 0.1) is 11.1 Å². The van der Waals surface area contributed by atoms with Crippen molar-refractivity contribution in [1.29, 1.82) is 0 Å². The summed E-state index contributed by atoms with van der Waals surface area (Å²) in [6.07, 6.45) is 2.95. The van der Waals surface area contributed by atoms with Crippen LogP contribution in [0.25, 0.3) is 22.9 Å². The summed E-state index contributed by atoms with van der Waals surface area (Å²) in [5, 5.41) is 15.0. The summed E-state index contributed by atoms with van der Waals surface area (Å²) in [5.74, 6) is -1.94. The monoisotopic (exact) mass is 339 g/mol. The minimum Gasteiger partial charge on any atom is -0.475 e. The molecule has 24 heavy (non-hydrogen) atoms. The van der Waals surface area contributed by atoms with Crippen LogP contribution in [-0.4, -0.2) is 42.4 Å². The fourth-order valence-electron chi connectivity index (χ4n) is 1.36. The Kier molecular flexibility index (Phi) is 5.14. The Morgan fingerprint density at radius 2 is 1.54 bits per heavy atom. The van der Waals surface area contributed by atoms with E-state index < -0.39 is 12.1 Å². The third-order valence-corrected chi connectivity index (χ3v) is 2.38. The van der Waals surface area contributed by atoms with E-state index in [0.29, 0.717) is 17.3 Å². The van der Waals surface area contributed by atoms with E-state index in [1.807, 2.05) is 12.1 Å². The van der Waals surface area contributed by atoms with E-state index in [4.69, 9.17) is 14.3 Å². The molecular formula is C13H8F3N5O3. The van der Waals surface area contributed by atoms with Crippen LogP contribution in [-0.2, 0) is 4.79 Å². The first-order chi connectivity index (χ1) is 11.4. The zero-order valence-corrected chi connectivity index (χ0v) is 11.7. The van der Waals surface area contributed by atoms with Crippen molar-refractivity contribution in [1.82, 2.24) is 25.1 Å². The predicted octanol–water partition coefficient (Wildman–Crippen LogP) is 2.22. The van der Waals surface area contributed by atoms with Crippen LogP contribution >= 0.6 is 0 Å². The number of carboxylic acid groups (broad SMARTS) is 1. The van der Waals surface area contributed by atoms with Crippen molar-refractivity contribution in [2.45, 2.75) is 6.18 Å². The average molecular weight is 339 g/mol. The number of hydrogen-bond acceptors (Lipinski definition) is 7. The van der Waals surface area contributed by atoms with Gasteiger partial charge in [-0.3, -0.25) is 4.98 Å². The minimum atomic E-state index is -5.08. The van der Waals surface area contributed by atoms with Gasteiger partial charge in [-0.05, 0) is 12.1 Å². The molecule has 8 nitrogen and oxygen atoms in total.